The first-order valence-corrected chi connectivity index (χ1v) is 8.14. The third-order valence-corrected chi connectivity index (χ3v) is 3.90. The molecule has 6 heteroatoms. The Morgan fingerprint density at radius 1 is 1.12 bits per heavy atom. The lowest BCUT2D eigenvalue weighted by Gasteiger charge is -2.06. The zero-order chi connectivity index (χ0) is 17.6. The molecule has 0 radical (unpaired) electrons. The highest BCUT2D eigenvalue weighted by Gasteiger charge is 2.06. The number of para-hydroxylation sites is 1. The summed E-state index contributed by atoms with van der Waals surface area (Å²) in [6, 6.07) is 14.1. The Morgan fingerprint density at radius 2 is 1.96 bits per heavy atom. The number of phenols is 1. The molecule has 0 aliphatic rings. The molecule has 3 rings (SSSR count). The van der Waals surface area contributed by atoms with Crippen molar-refractivity contribution < 1.29 is 9.90 Å². The summed E-state index contributed by atoms with van der Waals surface area (Å²) in [6.45, 7) is 0.490. The van der Waals surface area contributed by atoms with Crippen molar-refractivity contribution in [2.24, 2.45) is 0 Å². The lowest BCUT2D eigenvalue weighted by atomic mass is 10.1. The second kappa shape index (κ2) is 7.61. The summed E-state index contributed by atoms with van der Waals surface area (Å²) >= 11 is 0. The van der Waals surface area contributed by atoms with Crippen LogP contribution in [0.4, 0.5) is 0 Å². The number of aryl methyl sites for hydroxylation is 1. The van der Waals surface area contributed by atoms with E-state index in [9.17, 15) is 14.7 Å². The molecule has 0 aliphatic heterocycles. The number of carbonyl (C=O) groups is 1. The minimum atomic E-state index is -0.190. The van der Waals surface area contributed by atoms with Gasteiger partial charge in [-0.05, 0) is 36.2 Å². The summed E-state index contributed by atoms with van der Waals surface area (Å²) in [6.07, 6.45) is 1.27. The third-order valence-electron chi connectivity index (χ3n) is 3.90. The van der Waals surface area contributed by atoms with Gasteiger partial charge in [-0.1, -0.05) is 24.3 Å². The van der Waals surface area contributed by atoms with E-state index in [1.165, 1.54) is 0 Å². The van der Waals surface area contributed by atoms with E-state index in [0.717, 1.165) is 5.56 Å². The number of fused-ring (bicyclic) bond motifs is 1. The summed E-state index contributed by atoms with van der Waals surface area (Å²) in [4.78, 5) is 31.0. The van der Waals surface area contributed by atoms with Crippen LogP contribution in [-0.4, -0.2) is 27.5 Å². The lowest BCUT2D eigenvalue weighted by molar-refractivity contribution is -0.121. The summed E-state index contributed by atoms with van der Waals surface area (Å²) in [5.74, 6) is 0.623. The molecule has 0 spiro atoms. The monoisotopic (exact) mass is 337 g/mol. The van der Waals surface area contributed by atoms with E-state index in [2.05, 4.69) is 15.3 Å². The highest BCUT2D eigenvalue weighted by atomic mass is 16.3. The van der Waals surface area contributed by atoms with Crippen molar-refractivity contribution in [1.82, 2.24) is 15.3 Å². The van der Waals surface area contributed by atoms with Gasteiger partial charge in [-0.3, -0.25) is 9.59 Å². The van der Waals surface area contributed by atoms with E-state index in [4.69, 9.17) is 0 Å². The predicted octanol–water partition coefficient (Wildman–Crippen LogP) is 1.92. The maximum absolute atomic E-state index is 12.0. The minimum absolute atomic E-state index is 0.101. The molecule has 0 unspecified atom stereocenters. The van der Waals surface area contributed by atoms with Gasteiger partial charge in [-0.2, -0.15) is 0 Å². The molecule has 0 saturated heterocycles. The van der Waals surface area contributed by atoms with Crippen LogP contribution in [0.1, 0.15) is 17.8 Å². The van der Waals surface area contributed by atoms with Gasteiger partial charge in [0.25, 0.3) is 5.56 Å². The molecule has 1 heterocycles. The molecule has 0 atom stereocenters. The summed E-state index contributed by atoms with van der Waals surface area (Å²) in [5.41, 5.74) is 1.40. The Kier molecular flexibility index (Phi) is 5.09. The van der Waals surface area contributed by atoms with Crippen LogP contribution in [0, 0.1) is 0 Å². The molecular weight excluding hydrogens is 318 g/mol. The minimum Gasteiger partial charge on any atom is -0.508 e. The lowest BCUT2D eigenvalue weighted by Crippen LogP contribution is -2.26. The van der Waals surface area contributed by atoms with E-state index < -0.39 is 0 Å². The van der Waals surface area contributed by atoms with Gasteiger partial charge in [-0.25, -0.2) is 4.98 Å². The Morgan fingerprint density at radius 3 is 2.80 bits per heavy atom. The topological polar surface area (TPSA) is 95.1 Å². The maximum atomic E-state index is 12.0. The fourth-order valence-corrected chi connectivity index (χ4v) is 2.63. The Hall–Kier alpha value is -3.15. The maximum Gasteiger partial charge on any atom is 0.258 e. The number of amides is 1. The van der Waals surface area contributed by atoms with Gasteiger partial charge in [0.1, 0.15) is 11.6 Å². The van der Waals surface area contributed by atoms with Crippen molar-refractivity contribution >= 4 is 16.8 Å². The smallest absolute Gasteiger partial charge is 0.258 e. The van der Waals surface area contributed by atoms with Gasteiger partial charge in [-0.15, -0.1) is 0 Å². The number of carbonyl (C=O) groups excluding carboxylic acids is 1. The van der Waals surface area contributed by atoms with Crippen LogP contribution in [0.25, 0.3) is 10.9 Å². The molecule has 0 saturated carbocycles. The second-order valence-electron chi connectivity index (χ2n) is 5.80. The fraction of sp³-hybridized carbons (Fsp3) is 0.211. The van der Waals surface area contributed by atoms with Gasteiger partial charge in [0.15, 0.2) is 0 Å². The summed E-state index contributed by atoms with van der Waals surface area (Å²) < 4.78 is 0. The number of benzene rings is 2. The highest BCUT2D eigenvalue weighted by molar-refractivity contribution is 5.78. The first kappa shape index (κ1) is 16.7. The number of aromatic amines is 1. The normalized spacial score (nSPS) is 10.7. The molecule has 3 aromatic rings. The second-order valence-corrected chi connectivity index (χ2v) is 5.80. The van der Waals surface area contributed by atoms with Gasteiger partial charge >= 0.3 is 0 Å². The summed E-state index contributed by atoms with van der Waals surface area (Å²) in [7, 11) is 0. The van der Waals surface area contributed by atoms with Gasteiger partial charge in [0.2, 0.25) is 5.91 Å². The first-order chi connectivity index (χ1) is 12.1. The van der Waals surface area contributed by atoms with Crippen LogP contribution in [0.15, 0.2) is 53.3 Å². The van der Waals surface area contributed by atoms with Crippen LogP contribution in [0.3, 0.4) is 0 Å². The average molecular weight is 337 g/mol. The van der Waals surface area contributed by atoms with Crippen molar-refractivity contribution in [3.8, 4) is 5.75 Å². The Balaban J connectivity index is 1.51. The van der Waals surface area contributed by atoms with Crippen molar-refractivity contribution in [2.45, 2.75) is 19.3 Å². The van der Waals surface area contributed by atoms with Crippen LogP contribution >= 0.6 is 0 Å². The van der Waals surface area contributed by atoms with E-state index >= 15 is 0 Å². The van der Waals surface area contributed by atoms with Crippen LogP contribution in [0.2, 0.25) is 0 Å². The molecule has 3 N–H and O–H groups in total. The number of phenolic OH excluding ortho intramolecular Hbond substituents is 1. The Labute approximate surface area is 144 Å². The van der Waals surface area contributed by atoms with Gasteiger partial charge in [0.05, 0.1) is 10.9 Å². The van der Waals surface area contributed by atoms with E-state index in [1.807, 2.05) is 12.1 Å². The number of H-pyrrole nitrogens is 1. The number of rotatable bonds is 6. The number of hydrogen-bond acceptors (Lipinski definition) is 4. The molecule has 128 valence electrons. The number of nitrogens with zero attached hydrogens (tertiary/aromatic N) is 1. The van der Waals surface area contributed by atoms with Crippen molar-refractivity contribution in [2.75, 3.05) is 6.54 Å². The number of aromatic nitrogens is 2. The zero-order valence-corrected chi connectivity index (χ0v) is 13.7. The number of aromatic hydroxyl groups is 1. The third kappa shape index (κ3) is 4.44. The highest BCUT2D eigenvalue weighted by Crippen LogP contribution is 2.11. The zero-order valence-electron chi connectivity index (χ0n) is 13.7. The predicted molar refractivity (Wildman–Crippen MR) is 95.5 cm³/mol. The average Bonchev–Trinajstić information content (AvgIpc) is 2.60. The number of hydrogen-bond donors (Lipinski definition) is 3. The molecule has 2 aromatic carbocycles. The van der Waals surface area contributed by atoms with E-state index in [0.29, 0.717) is 36.1 Å². The fourth-order valence-electron chi connectivity index (χ4n) is 2.63. The van der Waals surface area contributed by atoms with E-state index in [1.54, 1.807) is 36.4 Å². The van der Waals surface area contributed by atoms with E-state index in [-0.39, 0.29) is 23.6 Å². The molecule has 6 nitrogen and oxygen atoms in total. The molecule has 0 fully saturated rings. The van der Waals surface area contributed by atoms with Crippen LogP contribution in [0.5, 0.6) is 5.75 Å². The molecule has 25 heavy (non-hydrogen) atoms. The first-order valence-electron chi connectivity index (χ1n) is 8.14. The molecule has 1 amide bonds. The number of nitrogens with one attached hydrogen (secondary N) is 2. The van der Waals surface area contributed by atoms with Crippen molar-refractivity contribution in [3.63, 3.8) is 0 Å². The van der Waals surface area contributed by atoms with Gasteiger partial charge < -0.3 is 15.4 Å². The standard InChI is InChI=1S/C19H19N3O3/c23-14-5-3-4-13(12-14)10-11-20-18(24)9-8-17-21-16-7-2-1-6-15(16)19(25)22-17/h1-7,12,23H,8-11H2,(H,20,24)(H,21,22,25). The SMILES string of the molecule is O=C(CCc1nc2ccccc2c(=O)[nH]1)NCCc1cccc(O)c1. The Bertz CT molecular complexity index is 950. The molecular formula is C19H19N3O3. The molecule has 1 aromatic heterocycles. The quantitative estimate of drug-likeness (QED) is 0.640. The largest absolute Gasteiger partial charge is 0.508 e. The van der Waals surface area contributed by atoms with Crippen LogP contribution < -0.4 is 10.9 Å². The summed E-state index contributed by atoms with van der Waals surface area (Å²) in [5, 5.41) is 12.8. The molecule has 0 bridgehead atoms. The van der Waals surface area contributed by atoms with Crippen LogP contribution in [-0.2, 0) is 17.6 Å². The van der Waals surface area contributed by atoms with Gasteiger partial charge in [0, 0.05) is 19.4 Å². The molecule has 0 aliphatic carbocycles. The van der Waals surface area contributed by atoms with Crippen molar-refractivity contribution in [3.05, 3.63) is 70.3 Å². The van der Waals surface area contributed by atoms with Crippen molar-refractivity contribution in [1.29, 1.82) is 0 Å².